The number of morpholine rings is 1. The van der Waals surface area contributed by atoms with E-state index in [-0.39, 0.29) is 23.9 Å². The first kappa shape index (κ1) is 25.4. The van der Waals surface area contributed by atoms with Crippen LogP contribution in [-0.2, 0) is 22.5 Å². The third-order valence-electron chi connectivity index (χ3n) is 6.30. The van der Waals surface area contributed by atoms with Gasteiger partial charge in [-0.1, -0.05) is 49.7 Å². The van der Waals surface area contributed by atoms with Crippen molar-refractivity contribution in [1.82, 2.24) is 19.2 Å². The Hall–Kier alpha value is -2.74. The van der Waals surface area contributed by atoms with E-state index in [4.69, 9.17) is 16.3 Å². The van der Waals surface area contributed by atoms with Crippen LogP contribution in [-0.4, -0.2) is 57.4 Å². The largest absolute Gasteiger partial charge is 0.379 e. The molecule has 4 rings (SSSR count). The fourth-order valence-corrected chi connectivity index (χ4v) is 4.70. The number of ketones is 1. The van der Waals surface area contributed by atoms with Crippen molar-refractivity contribution in [3.8, 4) is 17.1 Å². The first-order valence-corrected chi connectivity index (χ1v) is 12.6. The maximum atomic E-state index is 13.4. The van der Waals surface area contributed by atoms with Crippen molar-refractivity contribution >= 4 is 17.4 Å². The molecule has 2 heterocycles. The second kappa shape index (κ2) is 11.3. The highest BCUT2D eigenvalue weighted by Gasteiger charge is 2.20. The van der Waals surface area contributed by atoms with Crippen molar-refractivity contribution in [3.05, 3.63) is 69.6 Å². The Bertz CT molecular complexity index is 1210. The zero-order valence-electron chi connectivity index (χ0n) is 20.6. The Morgan fingerprint density at radius 3 is 2.46 bits per heavy atom. The summed E-state index contributed by atoms with van der Waals surface area (Å²) in [5.41, 5.74) is 2.21. The van der Waals surface area contributed by atoms with Gasteiger partial charge < -0.3 is 4.74 Å². The minimum Gasteiger partial charge on any atom is -0.379 e. The van der Waals surface area contributed by atoms with E-state index in [0.29, 0.717) is 34.6 Å². The number of Topliss-reactive ketones (excluding diaryl/α,β-unsaturated/α-hetero) is 1. The van der Waals surface area contributed by atoms with Gasteiger partial charge in [-0.3, -0.25) is 14.3 Å². The normalized spacial score (nSPS) is 15.5. The molecule has 1 aliphatic rings. The molecule has 0 aliphatic carbocycles. The standard InChI is InChI=1S/C27H33ClN4O3/c1-19(2)15-25(33)18-31-26(22-5-4-6-23(28)17-22)29-32(27(31)34)24-9-7-21(8-10-24)16-20(3)30-11-13-35-14-12-30/h4-10,17,19-20H,11-16,18H2,1-3H3. The van der Waals surface area contributed by atoms with E-state index in [9.17, 15) is 9.59 Å². The van der Waals surface area contributed by atoms with E-state index in [1.54, 1.807) is 12.1 Å². The maximum Gasteiger partial charge on any atom is 0.351 e. The molecule has 1 saturated heterocycles. The monoisotopic (exact) mass is 496 g/mol. The summed E-state index contributed by atoms with van der Waals surface area (Å²) in [6.07, 6.45) is 1.32. The van der Waals surface area contributed by atoms with Crippen LogP contribution in [0, 0.1) is 5.92 Å². The molecule has 8 heteroatoms. The molecule has 1 aromatic heterocycles. The van der Waals surface area contributed by atoms with Crippen LogP contribution in [0.15, 0.2) is 53.3 Å². The summed E-state index contributed by atoms with van der Waals surface area (Å²) in [5.74, 6) is 0.646. The van der Waals surface area contributed by atoms with Gasteiger partial charge in [-0.15, -0.1) is 5.10 Å². The second-order valence-corrected chi connectivity index (χ2v) is 10.1. The molecule has 1 aliphatic heterocycles. The smallest absolute Gasteiger partial charge is 0.351 e. The average Bonchev–Trinajstić information content (AvgIpc) is 3.15. The van der Waals surface area contributed by atoms with Gasteiger partial charge in [0.1, 0.15) is 0 Å². The predicted octanol–water partition coefficient (Wildman–Crippen LogP) is 4.23. The Morgan fingerprint density at radius 2 is 1.80 bits per heavy atom. The molecule has 35 heavy (non-hydrogen) atoms. The van der Waals surface area contributed by atoms with E-state index < -0.39 is 0 Å². The molecule has 0 spiro atoms. The number of hydrogen-bond acceptors (Lipinski definition) is 5. The third-order valence-corrected chi connectivity index (χ3v) is 6.53. The van der Waals surface area contributed by atoms with Gasteiger partial charge in [-0.2, -0.15) is 4.68 Å². The molecule has 1 fully saturated rings. The van der Waals surface area contributed by atoms with E-state index in [2.05, 4.69) is 16.9 Å². The van der Waals surface area contributed by atoms with Crippen LogP contribution in [0.5, 0.6) is 0 Å². The number of hydrogen-bond donors (Lipinski definition) is 0. The van der Waals surface area contributed by atoms with Crippen LogP contribution >= 0.6 is 11.6 Å². The zero-order valence-corrected chi connectivity index (χ0v) is 21.4. The highest BCUT2D eigenvalue weighted by atomic mass is 35.5. The zero-order chi connectivity index (χ0) is 24.9. The summed E-state index contributed by atoms with van der Waals surface area (Å²) < 4.78 is 8.28. The molecule has 1 atom stereocenters. The lowest BCUT2D eigenvalue weighted by atomic mass is 10.1. The predicted molar refractivity (Wildman–Crippen MR) is 138 cm³/mol. The summed E-state index contributed by atoms with van der Waals surface area (Å²) in [6.45, 7) is 9.66. The van der Waals surface area contributed by atoms with Gasteiger partial charge in [0.25, 0.3) is 0 Å². The van der Waals surface area contributed by atoms with Crippen LogP contribution in [0.25, 0.3) is 17.1 Å². The van der Waals surface area contributed by atoms with E-state index >= 15 is 0 Å². The van der Waals surface area contributed by atoms with Crippen LogP contribution in [0.4, 0.5) is 0 Å². The number of rotatable bonds is 9. The van der Waals surface area contributed by atoms with Gasteiger partial charge >= 0.3 is 5.69 Å². The molecule has 0 radical (unpaired) electrons. The van der Waals surface area contributed by atoms with Crippen molar-refractivity contribution in [1.29, 1.82) is 0 Å². The molecule has 186 valence electrons. The van der Waals surface area contributed by atoms with Gasteiger partial charge in [-0.25, -0.2) is 4.79 Å². The number of benzene rings is 2. The molecule has 0 N–H and O–H groups in total. The quantitative estimate of drug-likeness (QED) is 0.443. The third kappa shape index (κ3) is 6.28. The van der Waals surface area contributed by atoms with Gasteiger partial charge in [-0.05, 0) is 49.1 Å². The van der Waals surface area contributed by atoms with Crippen molar-refractivity contribution in [2.24, 2.45) is 5.92 Å². The van der Waals surface area contributed by atoms with Crippen molar-refractivity contribution in [2.75, 3.05) is 26.3 Å². The minimum atomic E-state index is -0.341. The first-order valence-electron chi connectivity index (χ1n) is 12.2. The summed E-state index contributed by atoms with van der Waals surface area (Å²) in [4.78, 5) is 28.5. The molecular formula is C27H33ClN4O3. The number of carbonyl (C=O) groups excluding carboxylic acids is 1. The lowest BCUT2D eigenvalue weighted by molar-refractivity contribution is -0.120. The fourth-order valence-electron chi connectivity index (χ4n) is 4.51. The summed E-state index contributed by atoms with van der Waals surface area (Å²) >= 11 is 6.20. The van der Waals surface area contributed by atoms with Crippen molar-refractivity contribution in [2.45, 2.75) is 46.2 Å². The molecule has 3 aromatic rings. The minimum absolute atomic E-state index is 0.00243. The Balaban J connectivity index is 1.62. The summed E-state index contributed by atoms with van der Waals surface area (Å²) in [6, 6.07) is 15.5. The van der Waals surface area contributed by atoms with Gasteiger partial charge in [0, 0.05) is 36.1 Å². The van der Waals surface area contributed by atoms with Crippen LogP contribution < -0.4 is 5.69 Å². The lowest BCUT2D eigenvalue weighted by Crippen LogP contribution is -2.43. The second-order valence-electron chi connectivity index (χ2n) is 9.62. The molecule has 2 aromatic carbocycles. The molecule has 0 saturated carbocycles. The summed E-state index contributed by atoms with van der Waals surface area (Å²) in [5, 5.41) is 5.17. The molecule has 7 nitrogen and oxygen atoms in total. The van der Waals surface area contributed by atoms with Crippen LogP contribution in [0.2, 0.25) is 5.02 Å². The van der Waals surface area contributed by atoms with E-state index in [1.165, 1.54) is 14.8 Å². The van der Waals surface area contributed by atoms with Crippen molar-refractivity contribution in [3.63, 3.8) is 0 Å². The molecular weight excluding hydrogens is 464 g/mol. The van der Waals surface area contributed by atoms with Crippen LogP contribution in [0.3, 0.4) is 0 Å². The van der Waals surface area contributed by atoms with Gasteiger partial charge in [0.2, 0.25) is 0 Å². The molecule has 1 unspecified atom stereocenters. The van der Waals surface area contributed by atoms with Crippen molar-refractivity contribution < 1.29 is 9.53 Å². The van der Waals surface area contributed by atoms with Gasteiger partial charge in [0.05, 0.1) is 25.4 Å². The lowest BCUT2D eigenvalue weighted by Gasteiger charge is -2.32. The highest BCUT2D eigenvalue weighted by Crippen LogP contribution is 2.22. The fraction of sp³-hybridized carbons (Fsp3) is 0.444. The number of nitrogens with zero attached hydrogens (tertiary/aromatic N) is 4. The van der Waals surface area contributed by atoms with Crippen LogP contribution in [0.1, 0.15) is 32.8 Å². The van der Waals surface area contributed by atoms with E-state index in [0.717, 1.165) is 32.7 Å². The number of halogens is 1. The maximum absolute atomic E-state index is 13.4. The number of ether oxygens (including phenoxy) is 1. The SMILES string of the molecule is CC(C)CC(=O)Cn1c(-c2cccc(Cl)c2)nn(-c2ccc(CC(C)N3CCOCC3)cc2)c1=O. The Labute approximate surface area is 211 Å². The van der Waals surface area contributed by atoms with E-state index in [1.807, 2.05) is 50.2 Å². The summed E-state index contributed by atoms with van der Waals surface area (Å²) in [7, 11) is 0. The number of carbonyl (C=O) groups is 1. The Morgan fingerprint density at radius 1 is 1.09 bits per heavy atom. The first-order chi connectivity index (χ1) is 16.8. The average molecular weight is 497 g/mol. The van der Waals surface area contributed by atoms with Gasteiger partial charge in [0.15, 0.2) is 11.6 Å². The molecule has 0 amide bonds. The highest BCUT2D eigenvalue weighted by molar-refractivity contribution is 6.30. The number of aromatic nitrogens is 3. The topological polar surface area (TPSA) is 69.4 Å². The Kier molecular flexibility index (Phi) is 8.21. The molecule has 0 bridgehead atoms.